The fourth-order valence-electron chi connectivity index (χ4n) is 3.76. The zero-order chi connectivity index (χ0) is 26.7. The number of H-pyrrole nitrogens is 1. The van der Waals surface area contributed by atoms with Crippen LogP contribution in [0.25, 0.3) is 17.1 Å². The molecule has 0 radical (unpaired) electrons. The third-order valence-corrected chi connectivity index (χ3v) is 5.59. The first-order valence-corrected chi connectivity index (χ1v) is 11.2. The monoisotopic (exact) mass is 522 g/mol. The van der Waals surface area contributed by atoms with E-state index in [1.807, 2.05) is 0 Å². The lowest BCUT2D eigenvalue weighted by Crippen LogP contribution is -2.25. The summed E-state index contributed by atoms with van der Waals surface area (Å²) in [7, 11) is 0. The number of hydrogen-bond donors (Lipinski definition) is 2. The number of nitrogens with zero attached hydrogens (tertiary/aromatic N) is 4. The second-order valence-corrected chi connectivity index (χ2v) is 8.13. The number of carbonyl (C=O) groups excluding carboxylic acids is 1. The Morgan fingerprint density at radius 1 is 0.974 bits per heavy atom. The Balaban J connectivity index is 1.31. The van der Waals surface area contributed by atoms with Gasteiger partial charge in [0.05, 0.1) is 11.3 Å². The lowest BCUT2D eigenvalue weighted by atomic mass is 10.1. The average Bonchev–Trinajstić information content (AvgIpc) is 3.62. The molecule has 3 aromatic carbocycles. The van der Waals surface area contributed by atoms with Gasteiger partial charge in [0.25, 0.3) is 5.91 Å². The first kappa shape index (κ1) is 24.7. The van der Waals surface area contributed by atoms with E-state index in [9.17, 15) is 22.4 Å². The highest BCUT2D eigenvalue weighted by Crippen LogP contribution is 2.36. The Labute approximate surface area is 212 Å². The molecule has 0 fully saturated rings. The van der Waals surface area contributed by atoms with E-state index in [1.54, 1.807) is 24.3 Å². The Kier molecular flexibility index (Phi) is 6.60. The van der Waals surface area contributed by atoms with E-state index >= 15 is 0 Å². The fourth-order valence-corrected chi connectivity index (χ4v) is 3.76. The van der Waals surface area contributed by atoms with Crippen molar-refractivity contribution in [3.8, 4) is 28.6 Å². The third kappa shape index (κ3) is 5.38. The summed E-state index contributed by atoms with van der Waals surface area (Å²) in [6.07, 6.45) is -3.31. The molecule has 0 saturated carbocycles. The van der Waals surface area contributed by atoms with Crippen molar-refractivity contribution in [2.75, 3.05) is 0 Å². The van der Waals surface area contributed by atoms with E-state index in [4.69, 9.17) is 4.74 Å². The van der Waals surface area contributed by atoms with E-state index < -0.39 is 17.6 Å². The fraction of sp³-hybridized carbons (Fsp3) is 0.0769. The molecule has 5 aromatic rings. The molecule has 1 amide bonds. The molecule has 8 nitrogen and oxygen atoms in total. The van der Waals surface area contributed by atoms with Crippen LogP contribution in [0.5, 0.6) is 11.5 Å². The summed E-state index contributed by atoms with van der Waals surface area (Å²) in [5.74, 6) is 0.145. The minimum Gasteiger partial charge on any atom is -0.457 e. The zero-order valence-electron chi connectivity index (χ0n) is 19.4. The third-order valence-electron chi connectivity index (χ3n) is 5.59. The number of amides is 1. The number of carbonyl (C=O) groups is 1. The van der Waals surface area contributed by atoms with Crippen LogP contribution in [0.1, 0.15) is 21.6 Å². The van der Waals surface area contributed by atoms with Crippen LogP contribution in [-0.2, 0) is 12.7 Å². The van der Waals surface area contributed by atoms with Gasteiger partial charge < -0.3 is 14.6 Å². The Bertz CT molecular complexity index is 1550. The molecule has 0 bridgehead atoms. The van der Waals surface area contributed by atoms with E-state index in [2.05, 4.69) is 25.9 Å². The average molecular weight is 522 g/mol. The molecule has 0 aliphatic carbocycles. The van der Waals surface area contributed by atoms with Gasteiger partial charge in [-0.1, -0.05) is 12.1 Å². The Hall–Kier alpha value is -5.00. The van der Waals surface area contributed by atoms with Gasteiger partial charge in [-0.25, -0.2) is 9.49 Å². The number of alkyl halides is 3. The summed E-state index contributed by atoms with van der Waals surface area (Å²) in [4.78, 5) is 12.9. The number of aromatic amines is 1. The van der Waals surface area contributed by atoms with Crippen molar-refractivity contribution in [3.63, 3.8) is 0 Å². The number of aromatic nitrogens is 5. The molecule has 0 aliphatic rings. The van der Waals surface area contributed by atoms with Gasteiger partial charge in [0.1, 0.15) is 23.0 Å². The molecule has 5 rings (SSSR count). The van der Waals surface area contributed by atoms with Crippen molar-refractivity contribution >= 4 is 5.91 Å². The highest BCUT2D eigenvalue weighted by Gasteiger charge is 2.35. The Morgan fingerprint density at radius 3 is 2.34 bits per heavy atom. The normalized spacial score (nSPS) is 11.4. The van der Waals surface area contributed by atoms with Crippen LogP contribution in [0.2, 0.25) is 0 Å². The van der Waals surface area contributed by atoms with E-state index in [1.165, 1.54) is 59.3 Å². The van der Waals surface area contributed by atoms with Crippen LogP contribution < -0.4 is 10.1 Å². The second kappa shape index (κ2) is 10.2. The summed E-state index contributed by atoms with van der Waals surface area (Å²) in [6, 6.07) is 19.0. The molecule has 0 unspecified atom stereocenters. The van der Waals surface area contributed by atoms with Crippen molar-refractivity contribution in [2.45, 2.75) is 12.7 Å². The molecule has 192 valence electrons. The molecule has 0 atom stereocenters. The molecule has 0 aliphatic heterocycles. The second-order valence-electron chi connectivity index (χ2n) is 8.13. The lowest BCUT2D eigenvalue weighted by Gasteiger charge is -2.17. The number of ether oxygens (including phenoxy) is 1. The maximum Gasteiger partial charge on any atom is 0.418 e. The van der Waals surface area contributed by atoms with Gasteiger partial charge in [0, 0.05) is 18.3 Å². The molecule has 2 aromatic heterocycles. The van der Waals surface area contributed by atoms with Crippen LogP contribution in [0.4, 0.5) is 17.6 Å². The quantitative estimate of drug-likeness (QED) is 0.274. The van der Waals surface area contributed by atoms with Crippen LogP contribution >= 0.6 is 0 Å². The van der Waals surface area contributed by atoms with E-state index in [0.717, 1.165) is 11.6 Å². The molecular formula is C26H18F4N6O2. The van der Waals surface area contributed by atoms with Gasteiger partial charge in [-0.3, -0.25) is 4.79 Å². The summed E-state index contributed by atoms with van der Waals surface area (Å²) < 4.78 is 61.7. The number of tetrazole rings is 1. The topological polar surface area (TPSA) is 97.7 Å². The van der Waals surface area contributed by atoms with Crippen molar-refractivity contribution in [1.29, 1.82) is 0 Å². The van der Waals surface area contributed by atoms with Crippen molar-refractivity contribution in [1.82, 2.24) is 30.5 Å². The highest BCUT2D eigenvalue weighted by atomic mass is 19.4. The molecule has 12 heteroatoms. The lowest BCUT2D eigenvalue weighted by molar-refractivity contribution is -0.137. The van der Waals surface area contributed by atoms with Gasteiger partial charge in [-0.05, 0) is 82.7 Å². The van der Waals surface area contributed by atoms with E-state index in [-0.39, 0.29) is 35.1 Å². The molecule has 38 heavy (non-hydrogen) atoms. The van der Waals surface area contributed by atoms with Gasteiger partial charge in [-0.15, -0.1) is 5.10 Å². The maximum absolute atomic E-state index is 13.9. The number of benzene rings is 3. The van der Waals surface area contributed by atoms with Gasteiger partial charge in [-0.2, -0.15) is 13.2 Å². The number of hydrogen-bond acceptors (Lipinski definition) is 5. The molecule has 0 saturated heterocycles. The predicted molar refractivity (Wildman–Crippen MR) is 128 cm³/mol. The molecule has 2 heterocycles. The number of rotatable bonds is 7. The van der Waals surface area contributed by atoms with Gasteiger partial charge in [0.15, 0.2) is 5.82 Å². The largest absolute Gasteiger partial charge is 0.457 e. The van der Waals surface area contributed by atoms with Crippen LogP contribution in [0.15, 0.2) is 85.1 Å². The van der Waals surface area contributed by atoms with Gasteiger partial charge in [0.2, 0.25) is 0 Å². The Morgan fingerprint density at radius 2 is 1.68 bits per heavy atom. The summed E-state index contributed by atoms with van der Waals surface area (Å²) in [5.41, 5.74) is -0.250. The zero-order valence-corrected chi connectivity index (χ0v) is 19.4. The standard InChI is InChI=1S/C26H18F4N6O2/c27-18-6-10-20(11-7-18)38-19-8-3-16(4-9-19)15-31-25(37)23-2-1-13-36(23)22-12-5-17(24-32-34-35-33-24)14-21(22)26(28,29)30/h1-14H,15H2,(H,31,37)(H,32,33,34,35). The van der Waals surface area contributed by atoms with Crippen LogP contribution in [0, 0.1) is 5.82 Å². The van der Waals surface area contributed by atoms with Crippen molar-refractivity contribution < 1.29 is 27.1 Å². The van der Waals surface area contributed by atoms with Gasteiger partial charge >= 0.3 is 6.18 Å². The first-order valence-electron chi connectivity index (χ1n) is 11.2. The van der Waals surface area contributed by atoms with Crippen LogP contribution in [0.3, 0.4) is 0 Å². The number of halogens is 4. The van der Waals surface area contributed by atoms with Crippen molar-refractivity contribution in [2.24, 2.45) is 0 Å². The minimum absolute atomic E-state index is 0.0286. The maximum atomic E-state index is 13.9. The molecule has 2 N–H and O–H groups in total. The van der Waals surface area contributed by atoms with Crippen molar-refractivity contribution in [3.05, 3.63) is 108 Å². The summed E-state index contributed by atoms with van der Waals surface area (Å²) in [5, 5.41) is 15.6. The highest BCUT2D eigenvalue weighted by molar-refractivity contribution is 5.93. The first-order chi connectivity index (χ1) is 18.3. The smallest absolute Gasteiger partial charge is 0.418 e. The summed E-state index contributed by atoms with van der Waals surface area (Å²) >= 11 is 0. The summed E-state index contributed by atoms with van der Waals surface area (Å²) in [6.45, 7) is 0.129. The predicted octanol–water partition coefficient (Wildman–Crippen LogP) is 5.54. The molecular weight excluding hydrogens is 504 g/mol. The van der Waals surface area contributed by atoms with Crippen LogP contribution in [-0.4, -0.2) is 31.1 Å². The van der Waals surface area contributed by atoms with E-state index in [0.29, 0.717) is 11.5 Å². The number of nitrogens with one attached hydrogen (secondary N) is 2. The SMILES string of the molecule is O=C(NCc1ccc(Oc2ccc(F)cc2)cc1)c1cccn1-c1ccc(-c2nnn[nH]2)cc1C(F)(F)F. The minimum atomic E-state index is -4.70. The molecule has 0 spiro atoms.